The molecule has 2 fully saturated rings. The zero-order valence-corrected chi connectivity index (χ0v) is 19.3. The van der Waals surface area contributed by atoms with E-state index in [9.17, 15) is 4.79 Å². The van der Waals surface area contributed by atoms with Crippen molar-refractivity contribution in [1.82, 2.24) is 19.4 Å². The maximum absolute atomic E-state index is 13.3. The summed E-state index contributed by atoms with van der Waals surface area (Å²) in [6.45, 7) is 5.11. The van der Waals surface area contributed by atoms with Crippen LogP contribution in [-0.4, -0.2) is 58.8 Å². The summed E-state index contributed by atoms with van der Waals surface area (Å²) in [6.07, 6.45) is 7.67. The number of nitrogens with zero attached hydrogens (tertiary/aromatic N) is 4. The summed E-state index contributed by atoms with van der Waals surface area (Å²) in [5, 5.41) is 1.64. The van der Waals surface area contributed by atoms with Crippen molar-refractivity contribution in [3.05, 3.63) is 88.2 Å². The number of aromatic nitrogens is 3. The van der Waals surface area contributed by atoms with E-state index in [1.807, 2.05) is 55.1 Å². The van der Waals surface area contributed by atoms with Gasteiger partial charge in [-0.15, -0.1) is 0 Å². The molecule has 7 nitrogen and oxygen atoms in total. The Balaban J connectivity index is 1.39. The van der Waals surface area contributed by atoms with Gasteiger partial charge in [0.15, 0.2) is 0 Å². The van der Waals surface area contributed by atoms with Gasteiger partial charge in [-0.1, -0.05) is 23.7 Å². The first-order valence-corrected chi connectivity index (χ1v) is 11.8. The van der Waals surface area contributed by atoms with Gasteiger partial charge in [-0.25, -0.2) is 4.98 Å². The fourth-order valence-corrected chi connectivity index (χ4v) is 4.54. The Kier molecular flexibility index (Phi) is 5.36. The second kappa shape index (κ2) is 8.66. The van der Waals surface area contributed by atoms with Crippen molar-refractivity contribution in [2.45, 2.75) is 0 Å². The van der Waals surface area contributed by atoms with E-state index in [1.54, 1.807) is 10.6 Å². The van der Waals surface area contributed by atoms with Crippen LogP contribution in [0.1, 0.15) is 5.56 Å². The SMILES string of the molecule is O=c1cc(-c2c[nH]c3ncc(N4CCOCC4)cc23)ccn1/C(=C\N1CC1)c1cccc(Cl)c1. The van der Waals surface area contributed by atoms with E-state index in [-0.39, 0.29) is 5.56 Å². The first-order valence-electron chi connectivity index (χ1n) is 11.4. The first-order chi connectivity index (χ1) is 16.7. The quantitative estimate of drug-likeness (QED) is 0.443. The summed E-state index contributed by atoms with van der Waals surface area (Å²) in [7, 11) is 0. The van der Waals surface area contributed by atoms with Crippen LogP contribution in [0, 0.1) is 0 Å². The number of nitrogens with one attached hydrogen (secondary N) is 1. The Morgan fingerprint density at radius 1 is 1.09 bits per heavy atom. The van der Waals surface area contributed by atoms with Gasteiger partial charge in [0.1, 0.15) is 5.65 Å². The number of hydrogen-bond acceptors (Lipinski definition) is 5. The van der Waals surface area contributed by atoms with Gasteiger partial charge in [0, 0.05) is 72.4 Å². The summed E-state index contributed by atoms with van der Waals surface area (Å²) in [5.74, 6) is 0. The van der Waals surface area contributed by atoms with E-state index in [2.05, 4.69) is 25.8 Å². The molecule has 34 heavy (non-hydrogen) atoms. The van der Waals surface area contributed by atoms with Gasteiger partial charge >= 0.3 is 0 Å². The number of H-pyrrole nitrogens is 1. The molecule has 8 heteroatoms. The monoisotopic (exact) mass is 473 g/mol. The van der Waals surface area contributed by atoms with Gasteiger partial charge in [0.25, 0.3) is 5.56 Å². The molecule has 0 bridgehead atoms. The molecule has 5 heterocycles. The molecule has 3 aromatic heterocycles. The Morgan fingerprint density at radius 3 is 2.71 bits per heavy atom. The molecule has 0 spiro atoms. The lowest BCUT2D eigenvalue weighted by Crippen LogP contribution is -2.36. The summed E-state index contributed by atoms with van der Waals surface area (Å²) in [5.41, 5.74) is 5.29. The second-order valence-electron chi connectivity index (χ2n) is 8.58. The van der Waals surface area contributed by atoms with E-state index in [1.165, 1.54) is 0 Å². The molecule has 0 unspecified atom stereocenters. The fourth-order valence-electron chi connectivity index (χ4n) is 4.35. The van der Waals surface area contributed by atoms with E-state index in [4.69, 9.17) is 16.3 Å². The van der Waals surface area contributed by atoms with Gasteiger partial charge in [-0.05, 0) is 29.8 Å². The standard InChI is InChI=1S/C26H24ClN5O2/c27-20-3-1-2-19(12-20)24(17-30-6-7-30)32-5-4-18(13-25(32)33)23-16-29-26-22(23)14-21(15-28-26)31-8-10-34-11-9-31/h1-5,12-17H,6-11H2,(H,28,29)/b24-17-. The zero-order chi connectivity index (χ0) is 23.1. The minimum absolute atomic E-state index is 0.0998. The molecule has 0 amide bonds. The van der Waals surface area contributed by atoms with Crippen molar-refractivity contribution in [3.8, 4) is 11.1 Å². The van der Waals surface area contributed by atoms with Crippen LogP contribution >= 0.6 is 11.6 Å². The molecule has 2 aliphatic heterocycles. The largest absolute Gasteiger partial charge is 0.378 e. The lowest BCUT2D eigenvalue weighted by molar-refractivity contribution is 0.122. The lowest BCUT2D eigenvalue weighted by atomic mass is 10.1. The molecule has 2 saturated heterocycles. The molecular weight excluding hydrogens is 450 g/mol. The molecule has 0 atom stereocenters. The number of anilines is 1. The number of ether oxygens (including phenoxy) is 1. The normalized spacial score (nSPS) is 16.3. The van der Waals surface area contributed by atoms with Gasteiger partial charge in [-0.2, -0.15) is 0 Å². The zero-order valence-electron chi connectivity index (χ0n) is 18.6. The van der Waals surface area contributed by atoms with Crippen LogP contribution in [0.3, 0.4) is 0 Å². The number of benzene rings is 1. The Hall–Kier alpha value is -3.55. The van der Waals surface area contributed by atoms with Crippen LogP contribution in [0.5, 0.6) is 0 Å². The number of fused-ring (bicyclic) bond motifs is 1. The topological polar surface area (TPSA) is 66.2 Å². The molecule has 1 aromatic carbocycles. The predicted molar refractivity (Wildman–Crippen MR) is 135 cm³/mol. The number of aromatic amines is 1. The van der Waals surface area contributed by atoms with Crippen LogP contribution in [0.15, 0.2) is 72.0 Å². The highest BCUT2D eigenvalue weighted by Crippen LogP contribution is 2.30. The van der Waals surface area contributed by atoms with Crippen molar-refractivity contribution in [2.75, 3.05) is 44.3 Å². The summed E-state index contributed by atoms with van der Waals surface area (Å²) < 4.78 is 7.16. The number of rotatable bonds is 5. The molecular formula is C26H24ClN5O2. The highest BCUT2D eigenvalue weighted by atomic mass is 35.5. The van der Waals surface area contributed by atoms with Gasteiger partial charge < -0.3 is 19.5 Å². The smallest absolute Gasteiger partial charge is 0.255 e. The second-order valence-corrected chi connectivity index (χ2v) is 9.01. The van der Waals surface area contributed by atoms with E-state index >= 15 is 0 Å². The van der Waals surface area contributed by atoms with Crippen molar-refractivity contribution < 1.29 is 4.74 Å². The molecule has 172 valence electrons. The minimum atomic E-state index is -0.0998. The molecule has 0 radical (unpaired) electrons. The van der Waals surface area contributed by atoms with Gasteiger partial charge in [-0.3, -0.25) is 9.36 Å². The van der Waals surface area contributed by atoms with Crippen molar-refractivity contribution in [1.29, 1.82) is 0 Å². The van der Waals surface area contributed by atoms with Gasteiger partial charge in [0.05, 0.1) is 30.8 Å². The summed E-state index contributed by atoms with van der Waals surface area (Å²) in [6, 6.07) is 13.4. The maximum atomic E-state index is 13.3. The van der Waals surface area contributed by atoms with Crippen molar-refractivity contribution in [2.24, 2.45) is 0 Å². The number of morpholine rings is 1. The molecule has 2 aliphatic rings. The van der Waals surface area contributed by atoms with Crippen molar-refractivity contribution >= 4 is 34.0 Å². The summed E-state index contributed by atoms with van der Waals surface area (Å²) in [4.78, 5) is 25.6. The third-order valence-electron chi connectivity index (χ3n) is 6.29. The van der Waals surface area contributed by atoms with Crippen molar-refractivity contribution in [3.63, 3.8) is 0 Å². The number of pyridine rings is 2. The third-order valence-corrected chi connectivity index (χ3v) is 6.53. The summed E-state index contributed by atoms with van der Waals surface area (Å²) >= 11 is 6.24. The van der Waals surface area contributed by atoms with Crippen LogP contribution in [0.4, 0.5) is 5.69 Å². The minimum Gasteiger partial charge on any atom is -0.378 e. The van der Waals surface area contributed by atoms with Crippen LogP contribution in [0.2, 0.25) is 5.02 Å². The van der Waals surface area contributed by atoms with Crippen LogP contribution in [-0.2, 0) is 4.74 Å². The Morgan fingerprint density at radius 2 is 1.94 bits per heavy atom. The fraction of sp³-hybridized carbons (Fsp3) is 0.231. The molecule has 1 N–H and O–H groups in total. The molecule has 4 aromatic rings. The maximum Gasteiger partial charge on any atom is 0.255 e. The van der Waals surface area contributed by atoms with Crippen LogP contribution in [0.25, 0.3) is 27.9 Å². The van der Waals surface area contributed by atoms with E-state index in [0.29, 0.717) is 5.02 Å². The molecule has 0 aliphatic carbocycles. The third kappa shape index (κ3) is 4.08. The van der Waals surface area contributed by atoms with E-state index < -0.39 is 0 Å². The highest BCUT2D eigenvalue weighted by molar-refractivity contribution is 6.30. The highest BCUT2D eigenvalue weighted by Gasteiger charge is 2.18. The molecule has 0 saturated carbocycles. The molecule has 6 rings (SSSR count). The number of hydrogen-bond donors (Lipinski definition) is 1. The lowest BCUT2D eigenvalue weighted by Gasteiger charge is -2.28. The van der Waals surface area contributed by atoms with Crippen LogP contribution < -0.4 is 10.5 Å². The Bertz CT molecular complexity index is 1450. The predicted octanol–water partition coefficient (Wildman–Crippen LogP) is 4.04. The number of halogens is 1. The Labute approximate surface area is 201 Å². The van der Waals surface area contributed by atoms with E-state index in [0.717, 1.165) is 78.5 Å². The van der Waals surface area contributed by atoms with Gasteiger partial charge in [0.2, 0.25) is 0 Å². The average molecular weight is 474 g/mol. The first kappa shape index (κ1) is 21.0. The average Bonchev–Trinajstić information content (AvgIpc) is 3.59.